The zero-order valence-corrected chi connectivity index (χ0v) is 23.9. The second kappa shape index (κ2) is 12.2. The minimum atomic E-state index is -4.64. The maximum atomic E-state index is 13.4. The first-order chi connectivity index (χ1) is 21.6. The van der Waals surface area contributed by atoms with E-state index in [1.165, 1.54) is 48.1 Å². The zero-order valence-electron chi connectivity index (χ0n) is 23.1. The highest BCUT2D eigenvalue weighted by Gasteiger charge is 2.31. The molecule has 4 heterocycles. The first-order valence-corrected chi connectivity index (χ1v) is 14.3. The lowest BCUT2D eigenvalue weighted by Crippen LogP contribution is -2.23. The van der Waals surface area contributed by atoms with E-state index in [1.807, 2.05) is 12.1 Å². The number of H-pyrrole nitrogens is 1. The highest BCUT2D eigenvalue weighted by Crippen LogP contribution is 2.36. The predicted molar refractivity (Wildman–Crippen MR) is 161 cm³/mol. The Morgan fingerprint density at radius 1 is 0.933 bits per heavy atom. The van der Waals surface area contributed by atoms with Crippen molar-refractivity contribution in [3.05, 3.63) is 95.3 Å². The van der Waals surface area contributed by atoms with Crippen molar-refractivity contribution < 1.29 is 27.5 Å². The van der Waals surface area contributed by atoms with Crippen LogP contribution in [0.4, 0.5) is 34.5 Å². The van der Waals surface area contributed by atoms with Crippen molar-refractivity contribution in [3.8, 4) is 33.3 Å². The van der Waals surface area contributed by atoms with E-state index in [4.69, 9.17) is 4.74 Å². The average molecular weight is 634 g/mol. The first kappa shape index (κ1) is 29.5. The van der Waals surface area contributed by atoms with Crippen molar-refractivity contribution in [2.75, 3.05) is 22.1 Å². The van der Waals surface area contributed by atoms with Crippen LogP contribution in [-0.2, 0) is 11.0 Å². The van der Waals surface area contributed by atoms with Gasteiger partial charge in [0, 0.05) is 42.6 Å². The molecule has 228 valence electrons. The van der Waals surface area contributed by atoms with Crippen LogP contribution in [0.25, 0.3) is 21.6 Å². The number of urea groups is 1. The number of thiazole rings is 1. The number of carbonyl (C=O) groups excluding carboxylic acids is 2. The fourth-order valence-electron chi connectivity index (χ4n) is 4.54. The summed E-state index contributed by atoms with van der Waals surface area (Å²) in [6.07, 6.45) is 2.35. The number of amides is 3. The Morgan fingerprint density at radius 2 is 1.69 bits per heavy atom. The summed E-state index contributed by atoms with van der Waals surface area (Å²) in [7, 11) is 0. The molecule has 3 N–H and O–H groups in total. The van der Waals surface area contributed by atoms with Crippen molar-refractivity contribution in [3.63, 3.8) is 0 Å². The molecule has 45 heavy (non-hydrogen) atoms. The van der Waals surface area contributed by atoms with Crippen molar-refractivity contribution in [2.45, 2.75) is 19.0 Å². The van der Waals surface area contributed by atoms with Gasteiger partial charge in [0.05, 0.1) is 34.2 Å². The van der Waals surface area contributed by atoms with Crippen LogP contribution in [0, 0.1) is 0 Å². The number of alkyl halides is 3. The van der Waals surface area contributed by atoms with Crippen LogP contribution in [0.3, 0.4) is 0 Å². The molecule has 1 aliphatic heterocycles. The lowest BCUT2D eigenvalue weighted by atomic mass is 10.0. The largest absolute Gasteiger partial charge is 0.424 e. The third-order valence-electron chi connectivity index (χ3n) is 6.72. The third kappa shape index (κ3) is 6.83. The number of nitrogens with one attached hydrogen (secondary N) is 3. The average Bonchev–Trinajstić information content (AvgIpc) is 3.68. The molecule has 6 rings (SSSR count). The fraction of sp³-hybridized carbons (Fsp3) is 0.133. The molecule has 0 saturated carbocycles. The number of aromatic amines is 1. The van der Waals surface area contributed by atoms with Crippen molar-refractivity contribution >= 4 is 39.8 Å². The van der Waals surface area contributed by atoms with Gasteiger partial charge in [0.15, 0.2) is 5.13 Å². The van der Waals surface area contributed by atoms with Crippen molar-refractivity contribution in [1.29, 1.82) is 0 Å². The number of benzene rings is 2. The van der Waals surface area contributed by atoms with Gasteiger partial charge in [-0.2, -0.15) is 13.2 Å². The topological polar surface area (TPSA) is 142 Å². The molecule has 0 spiro atoms. The van der Waals surface area contributed by atoms with Crippen LogP contribution in [-0.4, -0.2) is 38.4 Å². The summed E-state index contributed by atoms with van der Waals surface area (Å²) in [6.45, 7) is 0.673. The number of pyridine rings is 1. The normalized spacial score (nSPS) is 13.1. The number of aromatic nitrogens is 4. The number of hydrogen-bond acceptors (Lipinski definition) is 8. The lowest BCUT2D eigenvalue weighted by molar-refractivity contribution is -0.137. The number of halogens is 3. The molecular weight excluding hydrogens is 611 g/mol. The Bertz CT molecular complexity index is 1910. The molecule has 1 aliphatic rings. The lowest BCUT2D eigenvalue weighted by Gasteiger charge is -2.15. The predicted octanol–water partition coefficient (Wildman–Crippen LogP) is 6.54. The summed E-state index contributed by atoms with van der Waals surface area (Å²) >= 11 is 1.43. The molecule has 1 saturated heterocycles. The summed E-state index contributed by atoms with van der Waals surface area (Å²) in [4.78, 5) is 53.8. The van der Waals surface area contributed by atoms with E-state index in [-0.39, 0.29) is 34.4 Å². The minimum absolute atomic E-state index is 0.000403. The van der Waals surface area contributed by atoms with E-state index < -0.39 is 17.8 Å². The van der Waals surface area contributed by atoms with E-state index >= 15 is 0 Å². The second-order valence-corrected chi connectivity index (χ2v) is 10.8. The number of nitrogens with zero attached hydrogens (tertiary/aromatic N) is 4. The van der Waals surface area contributed by atoms with Gasteiger partial charge in [-0.15, -0.1) is 0 Å². The highest BCUT2D eigenvalue weighted by atomic mass is 32.1. The summed E-state index contributed by atoms with van der Waals surface area (Å²) in [5, 5.41) is 5.58. The Hall–Kier alpha value is -5.57. The maximum absolute atomic E-state index is 13.4. The number of carbonyl (C=O) groups is 2. The standard InChI is InChI=1S/C30H22F3N7O4S/c31-30(32,33)19-6-9-22(18-5-10-25(41)34-13-18)23(12-19)39-27(43)38-20-14-35-28(36-15-20)44-21-7-3-17(4-8-21)24-16-37-29(45-24)40-11-1-2-26(40)42/h3-10,12-16H,1-2,11H2,(H,34,41)(H2,38,39,43). The Kier molecular flexibility index (Phi) is 8.00. The van der Waals surface area contributed by atoms with E-state index in [0.29, 0.717) is 29.4 Å². The van der Waals surface area contributed by atoms with Gasteiger partial charge in [0.2, 0.25) is 11.5 Å². The third-order valence-corrected chi connectivity index (χ3v) is 7.79. The van der Waals surface area contributed by atoms with Crippen LogP contribution >= 0.6 is 11.3 Å². The maximum Gasteiger partial charge on any atom is 0.416 e. The molecule has 0 bridgehead atoms. The van der Waals surface area contributed by atoms with Crippen molar-refractivity contribution in [1.82, 2.24) is 19.9 Å². The Balaban J connectivity index is 1.10. The van der Waals surface area contributed by atoms with Gasteiger partial charge in [0.25, 0.3) is 0 Å². The molecule has 0 atom stereocenters. The highest BCUT2D eigenvalue weighted by molar-refractivity contribution is 7.19. The van der Waals surface area contributed by atoms with Crippen LogP contribution in [0.2, 0.25) is 0 Å². The van der Waals surface area contributed by atoms with Crippen LogP contribution in [0.5, 0.6) is 11.8 Å². The molecule has 1 fully saturated rings. The summed E-state index contributed by atoms with van der Waals surface area (Å²) in [5.41, 5.74) is 0.241. The van der Waals surface area contributed by atoms with Gasteiger partial charge < -0.3 is 20.4 Å². The molecule has 3 amide bonds. The summed E-state index contributed by atoms with van der Waals surface area (Å²) in [6, 6.07) is 11.9. The van der Waals surface area contributed by atoms with Crippen LogP contribution in [0.1, 0.15) is 18.4 Å². The van der Waals surface area contributed by atoms with Gasteiger partial charge in [-0.1, -0.05) is 17.4 Å². The smallest absolute Gasteiger partial charge is 0.416 e. The van der Waals surface area contributed by atoms with E-state index in [9.17, 15) is 27.6 Å². The van der Waals surface area contributed by atoms with Gasteiger partial charge in [-0.05, 0) is 54.4 Å². The Morgan fingerprint density at radius 3 is 2.36 bits per heavy atom. The Labute approximate surface area is 256 Å². The zero-order chi connectivity index (χ0) is 31.6. The first-order valence-electron chi connectivity index (χ1n) is 13.5. The molecule has 2 aromatic carbocycles. The molecular formula is C30H22F3N7O4S. The summed E-state index contributed by atoms with van der Waals surface area (Å²) < 4.78 is 45.8. The molecule has 0 radical (unpaired) electrons. The number of anilines is 3. The molecule has 11 nitrogen and oxygen atoms in total. The van der Waals surface area contributed by atoms with Gasteiger partial charge >= 0.3 is 18.2 Å². The quantitative estimate of drug-likeness (QED) is 0.185. The van der Waals surface area contributed by atoms with Crippen LogP contribution < -0.4 is 25.8 Å². The molecule has 15 heteroatoms. The van der Waals surface area contributed by atoms with E-state index in [2.05, 4.69) is 30.6 Å². The fourth-order valence-corrected chi connectivity index (χ4v) is 5.50. The van der Waals surface area contributed by atoms with Gasteiger partial charge in [-0.3, -0.25) is 14.5 Å². The van der Waals surface area contributed by atoms with Gasteiger partial charge in [-0.25, -0.2) is 19.7 Å². The van der Waals surface area contributed by atoms with E-state index in [0.717, 1.165) is 29.0 Å². The summed E-state index contributed by atoms with van der Waals surface area (Å²) in [5.74, 6) is 0.532. The van der Waals surface area contributed by atoms with Gasteiger partial charge in [0.1, 0.15) is 5.75 Å². The van der Waals surface area contributed by atoms with E-state index in [1.54, 1.807) is 23.2 Å². The molecule has 0 unspecified atom stereocenters. The SMILES string of the molecule is O=C(Nc1cnc(Oc2ccc(-c3cnc(N4CCCC4=O)s3)cc2)nc1)Nc1cc(C(F)(F)F)ccc1-c1ccc(=O)[nH]c1. The monoisotopic (exact) mass is 633 g/mol. The second-order valence-electron chi connectivity index (χ2n) is 9.82. The number of hydrogen-bond donors (Lipinski definition) is 3. The van der Waals surface area contributed by atoms with Crippen LogP contribution in [0.15, 0.2) is 84.2 Å². The minimum Gasteiger partial charge on any atom is -0.424 e. The van der Waals surface area contributed by atoms with Crippen molar-refractivity contribution in [2.24, 2.45) is 0 Å². The molecule has 3 aromatic heterocycles. The molecule has 0 aliphatic carbocycles. The number of rotatable bonds is 7. The molecule has 5 aromatic rings. The number of ether oxygens (including phenoxy) is 1.